The average molecular weight is 269 g/mol. The number of aliphatic hydroxyl groups excluding tert-OH is 1. The van der Waals surface area contributed by atoms with Crippen LogP contribution in [0.5, 0.6) is 0 Å². The molecule has 0 aromatic rings. The minimum absolute atomic E-state index is 0.113. The molecule has 1 N–H and O–H groups in total. The molecule has 110 valence electrons. The van der Waals surface area contributed by atoms with Crippen molar-refractivity contribution >= 4 is 6.09 Å². The van der Waals surface area contributed by atoms with Crippen LogP contribution >= 0.6 is 0 Å². The van der Waals surface area contributed by atoms with Crippen LogP contribution in [-0.2, 0) is 4.74 Å². The topological polar surface area (TPSA) is 49.8 Å². The van der Waals surface area contributed by atoms with Crippen LogP contribution in [0.15, 0.2) is 11.8 Å². The van der Waals surface area contributed by atoms with Gasteiger partial charge in [0.25, 0.3) is 0 Å². The first kappa shape index (κ1) is 16.0. The predicted molar refractivity (Wildman–Crippen MR) is 75.7 cm³/mol. The van der Waals surface area contributed by atoms with E-state index in [9.17, 15) is 9.90 Å². The van der Waals surface area contributed by atoms with Crippen molar-refractivity contribution in [2.75, 3.05) is 0 Å². The number of hydrogen-bond acceptors (Lipinski definition) is 3. The van der Waals surface area contributed by atoms with E-state index in [4.69, 9.17) is 4.74 Å². The molecule has 0 unspecified atom stereocenters. The lowest BCUT2D eigenvalue weighted by atomic mass is 9.98. The van der Waals surface area contributed by atoms with Gasteiger partial charge in [0.15, 0.2) is 0 Å². The fourth-order valence-corrected chi connectivity index (χ4v) is 2.80. The highest BCUT2D eigenvalue weighted by Crippen LogP contribution is 2.33. The standard InChI is InChI=1S/C15H27NO3/c1-10(2)16(11(3)4)15(18)19-9-13-7-6-8-14(13)12(5)17/h9-12,14,17H,6-8H2,1-5H3/b13-9-/t12-,14-/m1/s1. The summed E-state index contributed by atoms with van der Waals surface area (Å²) in [5.41, 5.74) is 1.05. The van der Waals surface area contributed by atoms with Crippen LogP contribution < -0.4 is 0 Å². The maximum absolute atomic E-state index is 12.1. The lowest BCUT2D eigenvalue weighted by Gasteiger charge is -2.29. The molecule has 0 heterocycles. The number of nitrogens with zero attached hydrogens (tertiary/aromatic N) is 1. The largest absolute Gasteiger partial charge is 0.418 e. The Kier molecular flexibility index (Phi) is 5.85. The van der Waals surface area contributed by atoms with Crippen LogP contribution in [0.4, 0.5) is 4.79 Å². The Morgan fingerprint density at radius 3 is 2.37 bits per heavy atom. The summed E-state index contributed by atoms with van der Waals surface area (Å²) in [6, 6.07) is 0.226. The Bertz CT molecular complexity index is 326. The van der Waals surface area contributed by atoms with E-state index in [-0.39, 0.29) is 30.2 Å². The van der Waals surface area contributed by atoms with E-state index in [0.29, 0.717) is 0 Å². The molecule has 0 spiro atoms. The summed E-state index contributed by atoms with van der Waals surface area (Å²) in [5.74, 6) is 0.138. The van der Waals surface area contributed by atoms with E-state index < -0.39 is 0 Å². The van der Waals surface area contributed by atoms with E-state index >= 15 is 0 Å². The van der Waals surface area contributed by atoms with Crippen LogP contribution in [0.2, 0.25) is 0 Å². The van der Waals surface area contributed by atoms with E-state index in [1.807, 2.05) is 27.7 Å². The number of hydrogen-bond donors (Lipinski definition) is 1. The third-order valence-electron chi connectivity index (χ3n) is 3.67. The summed E-state index contributed by atoms with van der Waals surface area (Å²) in [7, 11) is 0. The van der Waals surface area contributed by atoms with Gasteiger partial charge in [-0.2, -0.15) is 0 Å². The first-order valence-corrected chi connectivity index (χ1v) is 7.20. The van der Waals surface area contributed by atoms with Crippen molar-refractivity contribution < 1.29 is 14.6 Å². The monoisotopic (exact) mass is 269 g/mol. The van der Waals surface area contributed by atoms with Crippen LogP contribution in [-0.4, -0.2) is 34.3 Å². The number of aliphatic hydroxyl groups is 1. The Labute approximate surface area is 116 Å². The Morgan fingerprint density at radius 1 is 1.32 bits per heavy atom. The lowest BCUT2D eigenvalue weighted by Crippen LogP contribution is -2.41. The molecule has 1 rings (SSSR count). The maximum Gasteiger partial charge on any atom is 0.415 e. The molecule has 1 fully saturated rings. The molecule has 19 heavy (non-hydrogen) atoms. The molecule has 4 heteroatoms. The summed E-state index contributed by atoms with van der Waals surface area (Å²) in [6.45, 7) is 9.69. The van der Waals surface area contributed by atoms with Crippen molar-refractivity contribution in [2.45, 2.75) is 72.1 Å². The fourth-order valence-electron chi connectivity index (χ4n) is 2.80. The Balaban J connectivity index is 2.66. The normalized spacial score (nSPS) is 23.2. The molecule has 0 aromatic carbocycles. The molecule has 1 saturated carbocycles. The zero-order valence-corrected chi connectivity index (χ0v) is 12.7. The van der Waals surface area contributed by atoms with Gasteiger partial charge in [-0.1, -0.05) is 0 Å². The average Bonchev–Trinajstić information content (AvgIpc) is 2.73. The zero-order valence-electron chi connectivity index (χ0n) is 12.7. The van der Waals surface area contributed by atoms with Gasteiger partial charge in [0.2, 0.25) is 0 Å². The van der Waals surface area contributed by atoms with Crippen molar-refractivity contribution in [1.82, 2.24) is 4.90 Å². The predicted octanol–water partition coefficient (Wildman–Crippen LogP) is 3.31. The molecule has 1 amide bonds. The van der Waals surface area contributed by atoms with Gasteiger partial charge in [0.1, 0.15) is 0 Å². The van der Waals surface area contributed by atoms with Crippen molar-refractivity contribution in [1.29, 1.82) is 0 Å². The van der Waals surface area contributed by atoms with Crippen LogP contribution in [0.25, 0.3) is 0 Å². The van der Waals surface area contributed by atoms with Crippen LogP contribution in [0, 0.1) is 5.92 Å². The smallest absolute Gasteiger partial charge is 0.415 e. The molecular formula is C15H27NO3. The molecule has 0 saturated heterocycles. The van der Waals surface area contributed by atoms with Crippen molar-refractivity contribution in [3.05, 3.63) is 11.8 Å². The van der Waals surface area contributed by atoms with Gasteiger partial charge in [-0.05, 0) is 59.5 Å². The van der Waals surface area contributed by atoms with Gasteiger partial charge >= 0.3 is 6.09 Å². The van der Waals surface area contributed by atoms with E-state index in [2.05, 4.69) is 0 Å². The Hall–Kier alpha value is -1.03. The highest BCUT2D eigenvalue weighted by molar-refractivity contribution is 5.69. The Morgan fingerprint density at radius 2 is 1.89 bits per heavy atom. The second-order valence-corrected chi connectivity index (χ2v) is 5.91. The van der Waals surface area contributed by atoms with Crippen LogP contribution in [0.1, 0.15) is 53.9 Å². The highest BCUT2D eigenvalue weighted by atomic mass is 16.5. The quantitative estimate of drug-likeness (QED) is 0.797. The molecule has 0 bridgehead atoms. The molecule has 1 aliphatic rings. The maximum atomic E-state index is 12.1. The molecule has 0 aliphatic heterocycles. The van der Waals surface area contributed by atoms with Crippen molar-refractivity contribution in [3.8, 4) is 0 Å². The third kappa shape index (κ3) is 4.23. The summed E-state index contributed by atoms with van der Waals surface area (Å²) >= 11 is 0. The molecule has 4 nitrogen and oxygen atoms in total. The van der Waals surface area contributed by atoms with Gasteiger partial charge < -0.3 is 14.7 Å². The molecular weight excluding hydrogens is 242 g/mol. The van der Waals surface area contributed by atoms with Crippen molar-refractivity contribution in [2.24, 2.45) is 5.92 Å². The highest BCUT2D eigenvalue weighted by Gasteiger charge is 2.27. The molecule has 2 atom stereocenters. The van der Waals surface area contributed by atoms with E-state index in [0.717, 1.165) is 24.8 Å². The van der Waals surface area contributed by atoms with E-state index in [1.165, 1.54) is 0 Å². The van der Waals surface area contributed by atoms with Gasteiger partial charge in [-0.3, -0.25) is 0 Å². The van der Waals surface area contributed by atoms with Crippen molar-refractivity contribution in [3.63, 3.8) is 0 Å². The van der Waals surface area contributed by atoms with Gasteiger partial charge in [0.05, 0.1) is 12.4 Å². The molecule has 1 aliphatic carbocycles. The molecule has 0 radical (unpaired) electrons. The number of carbonyl (C=O) groups is 1. The molecule has 0 aromatic heterocycles. The number of ether oxygens (including phenoxy) is 1. The number of rotatable bonds is 4. The number of carbonyl (C=O) groups excluding carboxylic acids is 1. The summed E-state index contributed by atoms with van der Waals surface area (Å²) in [4.78, 5) is 13.8. The first-order chi connectivity index (χ1) is 8.84. The number of amides is 1. The van der Waals surface area contributed by atoms with Crippen LogP contribution in [0.3, 0.4) is 0 Å². The minimum Gasteiger partial charge on any atom is -0.418 e. The van der Waals surface area contributed by atoms with Gasteiger partial charge in [0, 0.05) is 18.0 Å². The van der Waals surface area contributed by atoms with E-state index in [1.54, 1.807) is 18.1 Å². The summed E-state index contributed by atoms with van der Waals surface area (Å²) in [6.07, 6.45) is 3.81. The second kappa shape index (κ2) is 6.94. The van der Waals surface area contributed by atoms with Gasteiger partial charge in [-0.25, -0.2) is 4.79 Å². The first-order valence-electron chi connectivity index (χ1n) is 7.20. The second-order valence-electron chi connectivity index (χ2n) is 5.91. The fraction of sp³-hybridized carbons (Fsp3) is 0.800. The minimum atomic E-state index is -0.376. The third-order valence-corrected chi connectivity index (χ3v) is 3.67. The van der Waals surface area contributed by atoms with Gasteiger partial charge in [-0.15, -0.1) is 0 Å². The lowest BCUT2D eigenvalue weighted by molar-refractivity contribution is 0.106. The summed E-state index contributed by atoms with van der Waals surface area (Å²) < 4.78 is 5.30. The zero-order chi connectivity index (χ0) is 14.6. The summed E-state index contributed by atoms with van der Waals surface area (Å²) in [5, 5.41) is 9.68. The SMILES string of the molecule is CC(C)N(C(=O)O/C=C1/CCC[C@@H]1[C@@H](C)O)C(C)C.